The van der Waals surface area contributed by atoms with Gasteiger partial charge in [0.05, 0.1) is 21.8 Å². The summed E-state index contributed by atoms with van der Waals surface area (Å²) in [5.41, 5.74) is 1.03. The number of hydrogen-bond acceptors (Lipinski definition) is 3. The number of para-hydroxylation sites is 1. The largest absolute Gasteiger partial charge is 0.480 e. The van der Waals surface area contributed by atoms with Crippen LogP contribution in [0.25, 0.3) is 16.7 Å². The highest BCUT2D eigenvalue weighted by Gasteiger charge is 2.23. The molecule has 0 aliphatic heterocycles. The van der Waals surface area contributed by atoms with Crippen LogP contribution in [0.15, 0.2) is 65.5 Å². The highest BCUT2D eigenvalue weighted by Crippen LogP contribution is 2.21. The number of nitrogens with one attached hydrogen (secondary N) is 1. The van der Waals surface area contributed by atoms with Crippen LogP contribution in [0.5, 0.6) is 0 Å². The third-order valence-electron chi connectivity index (χ3n) is 5.44. The molecule has 1 heterocycles. The number of aliphatic carboxylic acids is 1. The molecule has 7 nitrogen and oxygen atoms in total. The van der Waals surface area contributed by atoms with Crippen molar-refractivity contribution in [3.05, 3.63) is 98.9 Å². The molecular formula is C24H18ClF2N3O4. The number of fused-ring (bicyclic) bond motifs is 1. The molecule has 0 spiro atoms. The number of carbonyl (C=O) groups is 2. The van der Waals surface area contributed by atoms with Gasteiger partial charge >= 0.3 is 11.7 Å². The average molecular weight is 486 g/mol. The van der Waals surface area contributed by atoms with Crippen molar-refractivity contribution in [3.63, 3.8) is 0 Å². The van der Waals surface area contributed by atoms with Crippen molar-refractivity contribution >= 4 is 34.5 Å². The molecule has 1 atom stereocenters. The lowest BCUT2D eigenvalue weighted by Crippen LogP contribution is -2.42. The Kier molecular flexibility index (Phi) is 6.21. The summed E-state index contributed by atoms with van der Waals surface area (Å²) in [5, 5.41) is 11.8. The van der Waals surface area contributed by atoms with Crippen LogP contribution in [-0.4, -0.2) is 32.2 Å². The predicted molar refractivity (Wildman–Crippen MR) is 122 cm³/mol. The summed E-state index contributed by atoms with van der Waals surface area (Å²) in [4.78, 5) is 36.9. The van der Waals surface area contributed by atoms with E-state index in [9.17, 15) is 28.3 Å². The van der Waals surface area contributed by atoms with E-state index in [2.05, 4.69) is 5.32 Å². The van der Waals surface area contributed by atoms with Crippen LogP contribution in [0.2, 0.25) is 5.02 Å². The van der Waals surface area contributed by atoms with Gasteiger partial charge in [0.25, 0.3) is 5.91 Å². The summed E-state index contributed by atoms with van der Waals surface area (Å²) < 4.78 is 30.3. The fourth-order valence-corrected chi connectivity index (χ4v) is 3.96. The van der Waals surface area contributed by atoms with Crippen molar-refractivity contribution in [1.29, 1.82) is 0 Å². The summed E-state index contributed by atoms with van der Waals surface area (Å²) in [7, 11) is 1.54. The molecule has 1 aromatic heterocycles. The number of halogens is 3. The number of aryl methyl sites for hydroxylation is 1. The first kappa shape index (κ1) is 23.2. The van der Waals surface area contributed by atoms with E-state index in [0.29, 0.717) is 16.8 Å². The maximum absolute atomic E-state index is 14.5. The Bertz CT molecular complexity index is 1480. The zero-order valence-corrected chi connectivity index (χ0v) is 18.5. The van der Waals surface area contributed by atoms with Crippen LogP contribution >= 0.6 is 11.6 Å². The second-order valence-corrected chi connectivity index (χ2v) is 8.05. The topological polar surface area (TPSA) is 93.3 Å². The van der Waals surface area contributed by atoms with Crippen molar-refractivity contribution in [2.24, 2.45) is 7.05 Å². The normalized spacial score (nSPS) is 12.0. The molecule has 0 aliphatic carbocycles. The summed E-state index contributed by atoms with van der Waals surface area (Å²) >= 11 is 5.89. The third-order valence-corrected chi connectivity index (χ3v) is 5.75. The van der Waals surface area contributed by atoms with Crippen molar-refractivity contribution in [3.8, 4) is 5.69 Å². The number of amides is 1. The number of rotatable bonds is 6. The molecule has 0 radical (unpaired) electrons. The van der Waals surface area contributed by atoms with E-state index in [1.165, 1.54) is 27.3 Å². The molecule has 3 aromatic carbocycles. The quantitative estimate of drug-likeness (QED) is 0.435. The lowest BCUT2D eigenvalue weighted by atomic mass is 10.0. The molecule has 0 fully saturated rings. The predicted octanol–water partition coefficient (Wildman–Crippen LogP) is 3.69. The Morgan fingerprint density at radius 3 is 2.44 bits per heavy atom. The van der Waals surface area contributed by atoms with Crippen LogP contribution in [-0.2, 0) is 18.3 Å². The van der Waals surface area contributed by atoms with Gasteiger partial charge in [-0.2, -0.15) is 0 Å². The minimum absolute atomic E-state index is 0.0537. The number of benzene rings is 3. The van der Waals surface area contributed by atoms with Crippen LogP contribution in [0.3, 0.4) is 0 Å². The Balaban J connectivity index is 1.59. The van der Waals surface area contributed by atoms with Gasteiger partial charge in [0.1, 0.15) is 23.2 Å². The van der Waals surface area contributed by atoms with E-state index in [1.54, 1.807) is 37.4 Å². The molecule has 0 aliphatic rings. The lowest BCUT2D eigenvalue weighted by Gasteiger charge is -2.15. The second kappa shape index (κ2) is 9.11. The number of hydrogen-bond donors (Lipinski definition) is 2. The highest BCUT2D eigenvalue weighted by atomic mass is 35.5. The Hall–Kier alpha value is -3.98. The van der Waals surface area contributed by atoms with Gasteiger partial charge in [-0.25, -0.2) is 18.4 Å². The Morgan fingerprint density at radius 1 is 1.09 bits per heavy atom. The van der Waals surface area contributed by atoms with E-state index < -0.39 is 35.2 Å². The molecule has 10 heteroatoms. The molecule has 34 heavy (non-hydrogen) atoms. The minimum atomic E-state index is -1.29. The lowest BCUT2D eigenvalue weighted by molar-refractivity contribution is -0.139. The fraction of sp³-hybridized carbons (Fsp3) is 0.125. The number of aromatic nitrogens is 2. The second-order valence-electron chi connectivity index (χ2n) is 7.64. The number of imidazole rings is 1. The Morgan fingerprint density at radius 2 is 1.79 bits per heavy atom. The zero-order valence-electron chi connectivity index (χ0n) is 17.8. The summed E-state index contributed by atoms with van der Waals surface area (Å²) in [6.07, 6.45) is -0.0705. The van der Waals surface area contributed by atoms with Crippen molar-refractivity contribution < 1.29 is 23.5 Å². The van der Waals surface area contributed by atoms with Crippen LogP contribution < -0.4 is 11.0 Å². The molecule has 1 amide bonds. The molecule has 0 saturated carbocycles. The van der Waals surface area contributed by atoms with E-state index in [1.807, 2.05) is 0 Å². The van der Waals surface area contributed by atoms with Crippen molar-refractivity contribution in [2.75, 3.05) is 0 Å². The van der Waals surface area contributed by atoms with Gasteiger partial charge in [-0.05, 0) is 48.0 Å². The van der Waals surface area contributed by atoms with Crippen molar-refractivity contribution in [2.45, 2.75) is 12.5 Å². The Labute approximate surface area is 196 Å². The highest BCUT2D eigenvalue weighted by molar-refractivity contribution is 6.33. The molecule has 0 saturated heterocycles. The first-order valence-corrected chi connectivity index (χ1v) is 10.5. The molecule has 2 N–H and O–H groups in total. The average Bonchev–Trinajstić information content (AvgIpc) is 3.05. The first-order valence-electron chi connectivity index (χ1n) is 10.1. The van der Waals surface area contributed by atoms with E-state index in [0.717, 1.165) is 12.1 Å². The maximum Gasteiger partial charge on any atom is 0.333 e. The number of nitrogens with zero attached hydrogens (tertiary/aromatic N) is 2. The van der Waals surface area contributed by atoms with E-state index >= 15 is 0 Å². The van der Waals surface area contributed by atoms with Gasteiger partial charge in [0.15, 0.2) is 0 Å². The van der Waals surface area contributed by atoms with E-state index in [4.69, 9.17) is 11.6 Å². The van der Waals surface area contributed by atoms with Gasteiger partial charge < -0.3 is 10.4 Å². The smallest absolute Gasteiger partial charge is 0.333 e. The summed E-state index contributed by atoms with van der Waals surface area (Å²) in [5.74, 6) is -3.20. The number of carbonyl (C=O) groups excluding carboxylic acids is 1. The monoisotopic (exact) mass is 485 g/mol. The first-order chi connectivity index (χ1) is 16.2. The zero-order chi connectivity index (χ0) is 24.6. The fourth-order valence-electron chi connectivity index (χ4n) is 3.71. The standard InChI is InChI=1S/C24H18ClF2N3O4/c1-29-20-4-2-3-18(27)21(20)30(24(29)34)15-8-5-13(6-9-15)11-19(23(32)33)28-22(31)16-10-7-14(26)12-17(16)25/h2-10,12,19H,11H2,1H3,(H,28,31)(H,32,33)/t19-/m0/s1. The van der Waals surface area contributed by atoms with Gasteiger partial charge in [0.2, 0.25) is 0 Å². The van der Waals surface area contributed by atoms with Crippen molar-refractivity contribution in [1.82, 2.24) is 14.5 Å². The molecule has 0 bridgehead atoms. The SMILES string of the molecule is Cn1c(=O)n(-c2ccc(C[C@H](NC(=O)c3ccc(F)cc3Cl)C(=O)O)cc2)c2c(F)cccc21. The summed E-state index contributed by atoms with van der Waals surface area (Å²) in [6, 6.07) is 12.6. The summed E-state index contributed by atoms with van der Waals surface area (Å²) in [6.45, 7) is 0. The molecule has 4 aromatic rings. The van der Waals surface area contributed by atoms with Gasteiger partial charge in [-0.3, -0.25) is 13.9 Å². The van der Waals surface area contributed by atoms with Crippen LogP contribution in [0, 0.1) is 11.6 Å². The molecule has 4 rings (SSSR count). The van der Waals surface area contributed by atoms with Gasteiger partial charge in [-0.15, -0.1) is 0 Å². The van der Waals surface area contributed by atoms with Crippen LogP contribution in [0.1, 0.15) is 15.9 Å². The molecule has 0 unspecified atom stereocenters. The maximum atomic E-state index is 14.5. The number of carboxylic acid groups (broad SMARTS) is 1. The molecule has 174 valence electrons. The third kappa shape index (κ3) is 4.29. The number of carboxylic acids is 1. The van der Waals surface area contributed by atoms with E-state index in [-0.39, 0.29) is 22.5 Å². The van der Waals surface area contributed by atoms with Crippen LogP contribution in [0.4, 0.5) is 8.78 Å². The minimum Gasteiger partial charge on any atom is -0.480 e. The molecular weight excluding hydrogens is 468 g/mol. The van der Waals surface area contributed by atoms with Gasteiger partial charge in [0, 0.05) is 13.5 Å². The van der Waals surface area contributed by atoms with Gasteiger partial charge in [-0.1, -0.05) is 29.8 Å².